The van der Waals surface area contributed by atoms with Crippen LogP contribution < -0.4 is 4.74 Å². The summed E-state index contributed by atoms with van der Waals surface area (Å²) in [6.45, 7) is 4.48. The summed E-state index contributed by atoms with van der Waals surface area (Å²) in [6, 6.07) is 7.82. The molecule has 0 radical (unpaired) electrons. The molecule has 3 aliphatic carbocycles. The van der Waals surface area contributed by atoms with E-state index in [1.165, 1.54) is 69.8 Å². The third-order valence-electron chi connectivity index (χ3n) is 8.55. The van der Waals surface area contributed by atoms with Crippen molar-refractivity contribution in [2.24, 2.45) is 35.5 Å². The van der Waals surface area contributed by atoms with Gasteiger partial charge in [-0.3, -0.25) is 4.79 Å². The smallest absolute Gasteiger partial charge is 0.314 e. The van der Waals surface area contributed by atoms with Crippen LogP contribution in [0.4, 0.5) is 0 Å². The van der Waals surface area contributed by atoms with Crippen LogP contribution in [0.25, 0.3) is 0 Å². The van der Waals surface area contributed by atoms with Crippen LogP contribution in [-0.4, -0.2) is 5.97 Å². The number of aryl methyl sites for hydroxylation is 1. The lowest BCUT2D eigenvalue weighted by atomic mass is 9.65. The fourth-order valence-electron chi connectivity index (χ4n) is 6.48. The molecule has 2 heteroatoms. The molecule has 3 fully saturated rings. The zero-order valence-corrected chi connectivity index (χ0v) is 18.6. The van der Waals surface area contributed by atoms with E-state index in [1.54, 1.807) is 0 Å². The van der Waals surface area contributed by atoms with E-state index in [0.717, 1.165) is 42.4 Å². The third kappa shape index (κ3) is 5.44. The Kier molecular flexibility index (Phi) is 6.98. The minimum Gasteiger partial charge on any atom is -0.426 e. The summed E-state index contributed by atoms with van der Waals surface area (Å²) >= 11 is 0. The second-order valence-corrected chi connectivity index (χ2v) is 10.5. The van der Waals surface area contributed by atoms with E-state index in [4.69, 9.17) is 4.74 Å². The second-order valence-electron chi connectivity index (χ2n) is 10.5. The third-order valence-corrected chi connectivity index (χ3v) is 8.55. The topological polar surface area (TPSA) is 26.3 Å². The Labute approximate surface area is 177 Å². The number of carbonyl (C=O) groups is 1. The Bertz CT molecular complexity index is 640. The number of hydrogen-bond donors (Lipinski definition) is 0. The Hall–Kier alpha value is -1.31. The second kappa shape index (κ2) is 9.67. The summed E-state index contributed by atoms with van der Waals surface area (Å²) in [5.74, 6) is 5.57. The highest BCUT2D eigenvalue weighted by atomic mass is 16.5. The molecule has 3 saturated carbocycles. The van der Waals surface area contributed by atoms with Gasteiger partial charge < -0.3 is 4.74 Å². The fraction of sp³-hybridized carbons (Fsp3) is 0.741. The fourth-order valence-corrected chi connectivity index (χ4v) is 6.48. The predicted octanol–water partition coefficient (Wildman–Crippen LogP) is 7.34. The van der Waals surface area contributed by atoms with E-state index >= 15 is 0 Å². The molecule has 0 atom stereocenters. The number of ether oxygens (including phenoxy) is 1. The quantitative estimate of drug-likeness (QED) is 0.393. The predicted molar refractivity (Wildman–Crippen MR) is 119 cm³/mol. The maximum absolute atomic E-state index is 12.6. The minimum atomic E-state index is -0.0115. The normalized spacial score (nSPS) is 35.8. The van der Waals surface area contributed by atoms with Gasteiger partial charge in [-0.1, -0.05) is 37.5 Å². The zero-order valence-electron chi connectivity index (χ0n) is 18.6. The highest BCUT2D eigenvalue weighted by Crippen LogP contribution is 2.45. The van der Waals surface area contributed by atoms with Crippen LogP contribution in [0, 0.1) is 42.4 Å². The molecule has 160 valence electrons. The monoisotopic (exact) mass is 396 g/mol. The van der Waals surface area contributed by atoms with Crippen molar-refractivity contribution in [2.75, 3.05) is 0 Å². The van der Waals surface area contributed by atoms with E-state index < -0.39 is 0 Å². The molecule has 1 aromatic carbocycles. The first-order valence-electron chi connectivity index (χ1n) is 12.4. The number of carbonyl (C=O) groups excluding carboxylic acids is 1. The van der Waals surface area contributed by atoms with E-state index in [-0.39, 0.29) is 11.9 Å². The van der Waals surface area contributed by atoms with Crippen molar-refractivity contribution in [3.8, 4) is 5.75 Å². The van der Waals surface area contributed by atoms with Gasteiger partial charge >= 0.3 is 5.97 Å². The summed E-state index contributed by atoms with van der Waals surface area (Å²) in [6.07, 6.45) is 16.2. The minimum absolute atomic E-state index is 0.0115. The molecule has 0 unspecified atom stereocenters. The van der Waals surface area contributed by atoms with Crippen molar-refractivity contribution in [3.05, 3.63) is 29.8 Å². The lowest BCUT2D eigenvalue weighted by molar-refractivity contribution is -0.140. The van der Waals surface area contributed by atoms with Crippen molar-refractivity contribution >= 4 is 5.97 Å². The van der Waals surface area contributed by atoms with E-state index in [9.17, 15) is 4.79 Å². The van der Waals surface area contributed by atoms with Crippen LogP contribution >= 0.6 is 0 Å². The maximum atomic E-state index is 12.6. The Balaban J connectivity index is 1.19. The Morgan fingerprint density at radius 3 is 1.59 bits per heavy atom. The molecule has 3 aliphatic rings. The molecule has 0 amide bonds. The van der Waals surface area contributed by atoms with E-state index in [2.05, 4.69) is 13.8 Å². The van der Waals surface area contributed by atoms with Gasteiger partial charge in [0, 0.05) is 0 Å². The van der Waals surface area contributed by atoms with Gasteiger partial charge in [0.15, 0.2) is 0 Å². The van der Waals surface area contributed by atoms with Crippen LogP contribution in [0.1, 0.15) is 89.5 Å². The summed E-state index contributed by atoms with van der Waals surface area (Å²) in [7, 11) is 0. The average molecular weight is 397 g/mol. The molecule has 2 nitrogen and oxygen atoms in total. The van der Waals surface area contributed by atoms with E-state index in [1.807, 2.05) is 24.3 Å². The van der Waals surface area contributed by atoms with Gasteiger partial charge in [-0.05, 0) is 113 Å². The first-order chi connectivity index (χ1) is 14.1. The SMILES string of the molecule is Cc1ccc(OC(=O)C2CCC(C3CCC(C4CCC(C)CC4)CC3)CC2)cc1. The number of esters is 1. The number of hydrogen-bond acceptors (Lipinski definition) is 2. The number of rotatable bonds is 4. The van der Waals surface area contributed by atoms with Gasteiger partial charge in [-0.15, -0.1) is 0 Å². The lowest BCUT2D eigenvalue weighted by Gasteiger charge is -2.41. The van der Waals surface area contributed by atoms with Gasteiger partial charge in [0.2, 0.25) is 0 Å². The highest BCUT2D eigenvalue weighted by molar-refractivity contribution is 5.75. The highest BCUT2D eigenvalue weighted by Gasteiger charge is 2.35. The van der Waals surface area contributed by atoms with Crippen molar-refractivity contribution in [1.29, 1.82) is 0 Å². The van der Waals surface area contributed by atoms with Gasteiger partial charge in [0.1, 0.15) is 5.75 Å². The lowest BCUT2D eigenvalue weighted by Crippen LogP contribution is -2.31. The molecule has 0 N–H and O–H groups in total. The Morgan fingerprint density at radius 2 is 1.10 bits per heavy atom. The standard InChI is InChI=1S/C27H40O2/c1-19-3-7-21(8-4-19)22-9-11-23(12-10-22)24-13-15-25(16-14-24)27(28)29-26-17-5-20(2)6-18-26/h5-6,17-19,21-25H,3-4,7-16H2,1-2H3. The Morgan fingerprint density at radius 1 is 0.690 bits per heavy atom. The average Bonchev–Trinajstić information content (AvgIpc) is 2.76. The van der Waals surface area contributed by atoms with Crippen molar-refractivity contribution in [3.63, 3.8) is 0 Å². The molecule has 0 spiro atoms. The van der Waals surface area contributed by atoms with Crippen molar-refractivity contribution in [2.45, 2.75) is 90.9 Å². The van der Waals surface area contributed by atoms with Crippen molar-refractivity contribution < 1.29 is 9.53 Å². The molecule has 4 rings (SSSR count). The van der Waals surface area contributed by atoms with Crippen LogP contribution in [-0.2, 0) is 4.79 Å². The number of benzene rings is 1. The first kappa shape index (κ1) is 20.9. The molecule has 0 heterocycles. The van der Waals surface area contributed by atoms with Crippen LogP contribution in [0.5, 0.6) is 5.75 Å². The molecular formula is C27H40O2. The summed E-state index contributed by atoms with van der Waals surface area (Å²) in [4.78, 5) is 12.6. The largest absolute Gasteiger partial charge is 0.426 e. The van der Waals surface area contributed by atoms with Gasteiger partial charge in [-0.25, -0.2) is 0 Å². The zero-order chi connectivity index (χ0) is 20.2. The van der Waals surface area contributed by atoms with Crippen LogP contribution in [0.15, 0.2) is 24.3 Å². The molecular weight excluding hydrogens is 356 g/mol. The molecule has 29 heavy (non-hydrogen) atoms. The van der Waals surface area contributed by atoms with Crippen molar-refractivity contribution in [1.82, 2.24) is 0 Å². The van der Waals surface area contributed by atoms with Gasteiger partial charge in [-0.2, -0.15) is 0 Å². The van der Waals surface area contributed by atoms with E-state index in [0.29, 0.717) is 5.75 Å². The van der Waals surface area contributed by atoms with Gasteiger partial charge in [0.05, 0.1) is 5.92 Å². The molecule has 0 aliphatic heterocycles. The maximum Gasteiger partial charge on any atom is 0.314 e. The molecule has 0 aromatic heterocycles. The summed E-state index contributed by atoms with van der Waals surface area (Å²) in [5, 5.41) is 0. The van der Waals surface area contributed by atoms with Gasteiger partial charge in [0.25, 0.3) is 0 Å². The first-order valence-corrected chi connectivity index (χ1v) is 12.4. The summed E-state index contributed by atoms with van der Waals surface area (Å²) in [5.41, 5.74) is 1.19. The molecule has 0 bridgehead atoms. The molecule has 0 saturated heterocycles. The summed E-state index contributed by atoms with van der Waals surface area (Å²) < 4.78 is 5.64. The van der Waals surface area contributed by atoms with Crippen LogP contribution in [0.3, 0.4) is 0 Å². The van der Waals surface area contributed by atoms with Crippen LogP contribution in [0.2, 0.25) is 0 Å². The molecule has 1 aromatic rings.